The minimum atomic E-state index is -0.289. The van der Waals surface area contributed by atoms with Crippen LogP contribution in [0, 0.1) is 6.92 Å². The molecule has 2 aromatic rings. The maximum atomic E-state index is 12.3. The van der Waals surface area contributed by atoms with Crippen LogP contribution in [0.4, 0.5) is 5.69 Å². The van der Waals surface area contributed by atoms with E-state index in [9.17, 15) is 4.79 Å². The highest BCUT2D eigenvalue weighted by Crippen LogP contribution is 2.22. The van der Waals surface area contributed by atoms with Crippen molar-refractivity contribution in [3.05, 3.63) is 64.2 Å². The summed E-state index contributed by atoms with van der Waals surface area (Å²) < 4.78 is 0. The fourth-order valence-electron chi connectivity index (χ4n) is 1.91. The van der Waals surface area contributed by atoms with Crippen LogP contribution >= 0.6 is 11.6 Å². The Labute approximate surface area is 127 Å². The van der Waals surface area contributed by atoms with Gasteiger partial charge in [0.2, 0.25) is 0 Å². The van der Waals surface area contributed by atoms with E-state index in [2.05, 4.69) is 10.5 Å². The minimum Gasteiger partial charge on any atom is -0.409 e. The lowest BCUT2D eigenvalue weighted by Gasteiger charge is -2.12. The minimum absolute atomic E-state index is 0.105. The summed E-state index contributed by atoms with van der Waals surface area (Å²) in [7, 11) is 0. The first-order chi connectivity index (χ1) is 10.0. The Morgan fingerprint density at radius 3 is 2.62 bits per heavy atom. The number of rotatable bonds is 3. The van der Waals surface area contributed by atoms with E-state index in [0.717, 1.165) is 5.56 Å². The number of nitrogens with zero attached hydrogens (tertiary/aromatic N) is 1. The van der Waals surface area contributed by atoms with Crippen molar-refractivity contribution in [3.63, 3.8) is 0 Å². The Morgan fingerprint density at radius 2 is 1.95 bits per heavy atom. The van der Waals surface area contributed by atoms with Gasteiger partial charge in [0.15, 0.2) is 5.84 Å². The maximum Gasteiger partial charge on any atom is 0.255 e. The molecule has 0 radical (unpaired) electrons. The van der Waals surface area contributed by atoms with Crippen LogP contribution in [0.3, 0.4) is 0 Å². The summed E-state index contributed by atoms with van der Waals surface area (Å²) in [6, 6.07) is 11.9. The number of anilines is 1. The van der Waals surface area contributed by atoms with Crippen LogP contribution in [0.25, 0.3) is 0 Å². The summed E-state index contributed by atoms with van der Waals surface area (Å²) in [4.78, 5) is 12.3. The fourth-order valence-corrected chi connectivity index (χ4v) is 2.09. The summed E-state index contributed by atoms with van der Waals surface area (Å²) in [5, 5.41) is 14.9. The summed E-state index contributed by atoms with van der Waals surface area (Å²) in [6.07, 6.45) is 0. The second kappa shape index (κ2) is 6.28. The normalized spacial score (nSPS) is 11.2. The molecular formula is C15H14ClN3O2. The van der Waals surface area contributed by atoms with Crippen molar-refractivity contribution in [1.82, 2.24) is 0 Å². The lowest BCUT2D eigenvalue weighted by molar-refractivity contribution is 0.102. The van der Waals surface area contributed by atoms with Crippen molar-refractivity contribution in [2.45, 2.75) is 6.92 Å². The van der Waals surface area contributed by atoms with Gasteiger partial charge in [-0.15, -0.1) is 0 Å². The van der Waals surface area contributed by atoms with E-state index in [1.165, 1.54) is 0 Å². The molecule has 0 aromatic heterocycles. The lowest BCUT2D eigenvalue weighted by Crippen LogP contribution is -2.19. The highest BCUT2D eigenvalue weighted by atomic mass is 35.5. The van der Waals surface area contributed by atoms with Crippen LogP contribution in [0.15, 0.2) is 47.6 Å². The topological polar surface area (TPSA) is 87.7 Å². The number of benzene rings is 2. The number of carbonyl (C=O) groups excluding carboxylic acids is 1. The van der Waals surface area contributed by atoms with E-state index in [-0.39, 0.29) is 11.7 Å². The van der Waals surface area contributed by atoms with Crippen molar-refractivity contribution < 1.29 is 10.0 Å². The molecule has 1 amide bonds. The largest absolute Gasteiger partial charge is 0.409 e. The molecule has 108 valence electrons. The fraction of sp³-hybridized carbons (Fsp3) is 0.0667. The van der Waals surface area contributed by atoms with Crippen LogP contribution in [-0.2, 0) is 0 Å². The standard InChI is InChI=1S/C15H14ClN3O2/c1-9-4-2-3-5-11(9)15(20)18-13-8-10(16)6-7-12(13)14(17)19-21/h2-8,21H,1H3,(H2,17,19)(H,18,20). The van der Waals surface area contributed by atoms with Gasteiger partial charge in [-0.1, -0.05) is 35.0 Å². The molecule has 4 N–H and O–H groups in total. The van der Waals surface area contributed by atoms with Gasteiger partial charge in [-0.2, -0.15) is 0 Å². The van der Waals surface area contributed by atoms with Gasteiger partial charge in [0, 0.05) is 16.1 Å². The Hall–Kier alpha value is -2.53. The molecule has 0 heterocycles. The van der Waals surface area contributed by atoms with E-state index >= 15 is 0 Å². The van der Waals surface area contributed by atoms with Crippen molar-refractivity contribution >= 4 is 29.0 Å². The van der Waals surface area contributed by atoms with Crippen LogP contribution in [0.2, 0.25) is 5.02 Å². The molecule has 6 heteroatoms. The average molecular weight is 304 g/mol. The van der Waals surface area contributed by atoms with Crippen LogP contribution in [0.1, 0.15) is 21.5 Å². The zero-order valence-electron chi connectivity index (χ0n) is 11.3. The molecule has 0 saturated carbocycles. The third kappa shape index (κ3) is 3.32. The van der Waals surface area contributed by atoms with Crippen LogP contribution in [-0.4, -0.2) is 17.0 Å². The number of aryl methyl sites for hydroxylation is 1. The van der Waals surface area contributed by atoms with Gasteiger partial charge >= 0.3 is 0 Å². The summed E-state index contributed by atoms with van der Waals surface area (Å²) in [5.74, 6) is -0.394. The van der Waals surface area contributed by atoms with Gasteiger partial charge in [-0.25, -0.2) is 0 Å². The van der Waals surface area contributed by atoms with Crippen molar-refractivity contribution in [2.75, 3.05) is 5.32 Å². The van der Waals surface area contributed by atoms with Crippen molar-refractivity contribution in [3.8, 4) is 0 Å². The SMILES string of the molecule is Cc1ccccc1C(=O)Nc1cc(Cl)ccc1C(N)=NO. The third-order valence-corrected chi connectivity index (χ3v) is 3.24. The number of nitrogens with two attached hydrogens (primary N) is 1. The molecule has 2 aromatic carbocycles. The molecule has 0 saturated heterocycles. The number of hydrogen-bond acceptors (Lipinski definition) is 3. The molecule has 0 fully saturated rings. The Kier molecular flexibility index (Phi) is 4.45. The van der Waals surface area contributed by atoms with Gasteiger partial charge in [0.05, 0.1) is 5.69 Å². The maximum absolute atomic E-state index is 12.3. The predicted octanol–water partition coefficient (Wildman–Crippen LogP) is 3.00. The highest BCUT2D eigenvalue weighted by Gasteiger charge is 2.13. The van der Waals surface area contributed by atoms with E-state index in [1.807, 2.05) is 19.1 Å². The quantitative estimate of drug-likeness (QED) is 0.352. The first-order valence-corrected chi connectivity index (χ1v) is 6.55. The molecule has 0 aliphatic carbocycles. The summed E-state index contributed by atoms with van der Waals surface area (Å²) >= 11 is 5.93. The molecule has 0 aliphatic heterocycles. The van der Waals surface area contributed by atoms with Crippen LogP contribution in [0.5, 0.6) is 0 Å². The third-order valence-electron chi connectivity index (χ3n) is 3.00. The van der Waals surface area contributed by atoms with Gasteiger partial charge < -0.3 is 16.3 Å². The second-order valence-corrected chi connectivity index (χ2v) is 4.88. The zero-order chi connectivity index (χ0) is 15.4. The number of carbonyl (C=O) groups is 1. The molecule has 0 spiro atoms. The van der Waals surface area contributed by atoms with Gasteiger partial charge in [0.1, 0.15) is 0 Å². The van der Waals surface area contributed by atoms with Gasteiger partial charge in [-0.3, -0.25) is 4.79 Å². The molecule has 2 rings (SSSR count). The molecule has 0 unspecified atom stereocenters. The Morgan fingerprint density at radius 1 is 1.24 bits per heavy atom. The molecule has 0 aliphatic rings. The van der Waals surface area contributed by atoms with Crippen LogP contribution < -0.4 is 11.1 Å². The predicted molar refractivity (Wildman–Crippen MR) is 83.1 cm³/mol. The molecule has 5 nitrogen and oxygen atoms in total. The average Bonchev–Trinajstić information content (AvgIpc) is 2.47. The Balaban J connectivity index is 2.37. The highest BCUT2D eigenvalue weighted by molar-refractivity contribution is 6.31. The van der Waals surface area contributed by atoms with Crippen molar-refractivity contribution in [2.24, 2.45) is 10.9 Å². The first-order valence-electron chi connectivity index (χ1n) is 6.17. The van der Waals surface area contributed by atoms with Crippen molar-refractivity contribution in [1.29, 1.82) is 0 Å². The van der Waals surface area contributed by atoms with E-state index < -0.39 is 0 Å². The Bertz CT molecular complexity index is 714. The zero-order valence-corrected chi connectivity index (χ0v) is 12.1. The van der Waals surface area contributed by atoms with Gasteiger partial charge in [-0.05, 0) is 36.8 Å². The van der Waals surface area contributed by atoms with E-state index in [0.29, 0.717) is 21.8 Å². The number of hydrogen-bond donors (Lipinski definition) is 3. The number of amidine groups is 1. The second-order valence-electron chi connectivity index (χ2n) is 4.44. The van der Waals surface area contributed by atoms with Gasteiger partial charge in [0.25, 0.3) is 5.91 Å². The smallest absolute Gasteiger partial charge is 0.255 e. The first kappa shape index (κ1) is 14.9. The molecule has 0 atom stereocenters. The number of halogens is 1. The number of oxime groups is 1. The monoisotopic (exact) mass is 303 g/mol. The lowest BCUT2D eigenvalue weighted by atomic mass is 10.1. The molecule has 21 heavy (non-hydrogen) atoms. The number of amides is 1. The molecule has 0 bridgehead atoms. The van der Waals surface area contributed by atoms with E-state index in [1.54, 1.807) is 30.3 Å². The van der Waals surface area contributed by atoms with E-state index in [4.69, 9.17) is 22.5 Å². The summed E-state index contributed by atoms with van der Waals surface area (Å²) in [6.45, 7) is 1.84. The summed E-state index contributed by atoms with van der Waals surface area (Å²) in [5.41, 5.74) is 7.76. The number of nitrogens with one attached hydrogen (secondary N) is 1. The molecular weight excluding hydrogens is 290 g/mol.